The number of urea groups is 1. The molecule has 5 heteroatoms. The minimum atomic E-state index is 0.0165. The monoisotopic (exact) mass is 364 g/mol. The summed E-state index contributed by atoms with van der Waals surface area (Å²) in [5.41, 5.74) is 4.48. The van der Waals surface area contributed by atoms with Crippen LogP contribution < -0.4 is 10.2 Å². The smallest absolute Gasteiger partial charge is 0.321 e. The Balaban J connectivity index is 1.25. The Morgan fingerprint density at radius 1 is 0.963 bits per heavy atom. The van der Waals surface area contributed by atoms with Crippen molar-refractivity contribution < 1.29 is 4.79 Å². The fourth-order valence-corrected chi connectivity index (χ4v) is 3.90. The van der Waals surface area contributed by atoms with E-state index in [9.17, 15) is 4.79 Å². The molecule has 4 rings (SSSR count). The van der Waals surface area contributed by atoms with Crippen LogP contribution in [-0.4, -0.2) is 61.1 Å². The lowest BCUT2D eigenvalue weighted by molar-refractivity contribution is 0.0578. The molecule has 0 radical (unpaired) electrons. The quantitative estimate of drug-likeness (QED) is 0.908. The highest BCUT2D eigenvalue weighted by Crippen LogP contribution is 2.22. The predicted octanol–water partition coefficient (Wildman–Crippen LogP) is 3.34. The van der Waals surface area contributed by atoms with Gasteiger partial charge in [-0.3, -0.25) is 4.90 Å². The maximum absolute atomic E-state index is 12.5. The fraction of sp³-hybridized carbons (Fsp3) is 0.409. The summed E-state index contributed by atoms with van der Waals surface area (Å²) in [6.45, 7) is 9.94. The predicted molar refractivity (Wildman–Crippen MR) is 111 cm³/mol. The van der Waals surface area contributed by atoms with Gasteiger partial charge in [0.2, 0.25) is 0 Å². The second-order valence-corrected chi connectivity index (χ2v) is 7.67. The SMILES string of the molecule is Cc1ccc(C)c(NC(=O)N2CC(N3CCN(c4ccccc4)CC3)C2)c1. The van der Waals surface area contributed by atoms with Gasteiger partial charge in [0.1, 0.15) is 0 Å². The molecule has 0 atom stereocenters. The van der Waals surface area contributed by atoms with E-state index in [1.165, 1.54) is 5.69 Å². The molecule has 0 aliphatic carbocycles. The van der Waals surface area contributed by atoms with Crippen molar-refractivity contribution in [2.45, 2.75) is 19.9 Å². The minimum Gasteiger partial charge on any atom is -0.369 e. The van der Waals surface area contributed by atoms with Gasteiger partial charge in [-0.25, -0.2) is 4.79 Å². The second-order valence-electron chi connectivity index (χ2n) is 7.67. The molecule has 2 fully saturated rings. The molecular weight excluding hydrogens is 336 g/mol. The average molecular weight is 364 g/mol. The standard InChI is InChI=1S/C22H28N4O/c1-17-8-9-18(2)21(14-17)23-22(27)26-15-20(16-26)25-12-10-24(11-13-25)19-6-4-3-5-7-19/h3-9,14,20H,10-13,15-16H2,1-2H3,(H,23,27). The molecule has 2 aliphatic rings. The second kappa shape index (κ2) is 7.61. The lowest BCUT2D eigenvalue weighted by Crippen LogP contribution is -2.64. The first kappa shape index (κ1) is 17.9. The third kappa shape index (κ3) is 3.93. The Morgan fingerprint density at radius 2 is 1.67 bits per heavy atom. The van der Waals surface area contributed by atoms with Gasteiger partial charge < -0.3 is 15.1 Å². The summed E-state index contributed by atoms with van der Waals surface area (Å²) in [7, 11) is 0. The van der Waals surface area contributed by atoms with E-state index < -0.39 is 0 Å². The van der Waals surface area contributed by atoms with E-state index in [0.29, 0.717) is 6.04 Å². The van der Waals surface area contributed by atoms with E-state index in [2.05, 4.69) is 57.6 Å². The summed E-state index contributed by atoms with van der Waals surface area (Å²) < 4.78 is 0. The number of piperazine rings is 1. The van der Waals surface area contributed by atoms with Crippen LogP contribution in [-0.2, 0) is 0 Å². The van der Waals surface area contributed by atoms with Crippen LogP contribution in [0.2, 0.25) is 0 Å². The Kier molecular flexibility index (Phi) is 5.03. The van der Waals surface area contributed by atoms with Crippen molar-refractivity contribution in [2.24, 2.45) is 0 Å². The molecule has 0 unspecified atom stereocenters. The van der Waals surface area contributed by atoms with E-state index in [-0.39, 0.29) is 6.03 Å². The van der Waals surface area contributed by atoms with Crippen LogP contribution >= 0.6 is 0 Å². The molecule has 2 saturated heterocycles. The van der Waals surface area contributed by atoms with Crippen LogP contribution in [0.25, 0.3) is 0 Å². The molecule has 2 aromatic carbocycles. The van der Waals surface area contributed by atoms with Gasteiger partial charge in [0.25, 0.3) is 0 Å². The maximum Gasteiger partial charge on any atom is 0.321 e. The molecule has 0 spiro atoms. The zero-order chi connectivity index (χ0) is 18.8. The number of carbonyl (C=O) groups excluding carboxylic acids is 1. The normalized spacial score (nSPS) is 18.3. The first-order chi connectivity index (χ1) is 13.1. The number of aryl methyl sites for hydroxylation is 2. The summed E-state index contributed by atoms with van der Waals surface area (Å²) in [6, 6.07) is 17.3. The lowest BCUT2D eigenvalue weighted by atomic mass is 10.1. The summed E-state index contributed by atoms with van der Waals surface area (Å²) in [5.74, 6) is 0. The van der Waals surface area contributed by atoms with Crippen molar-refractivity contribution in [3.05, 3.63) is 59.7 Å². The molecule has 5 nitrogen and oxygen atoms in total. The molecule has 0 bridgehead atoms. The van der Waals surface area contributed by atoms with Crippen LogP contribution in [0.15, 0.2) is 48.5 Å². The number of nitrogens with zero attached hydrogens (tertiary/aromatic N) is 3. The zero-order valence-corrected chi connectivity index (χ0v) is 16.2. The number of likely N-dealkylation sites (tertiary alicyclic amines) is 1. The van der Waals surface area contributed by atoms with Crippen molar-refractivity contribution in [3.8, 4) is 0 Å². The first-order valence-corrected chi connectivity index (χ1v) is 9.77. The van der Waals surface area contributed by atoms with Gasteiger partial charge in [0.05, 0.1) is 0 Å². The third-order valence-corrected chi connectivity index (χ3v) is 5.74. The van der Waals surface area contributed by atoms with E-state index >= 15 is 0 Å². The largest absolute Gasteiger partial charge is 0.369 e. The molecule has 1 N–H and O–H groups in total. The molecule has 2 aromatic rings. The van der Waals surface area contributed by atoms with E-state index in [1.54, 1.807) is 0 Å². The van der Waals surface area contributed by atoms with Gasteiger partial charge in [-0.05, 0) is 43.2 Å². The van der Waals surface area contributed by atoms with E-state index in [0.717, 1.165) is 56.1 Å². The third-order valence-electron chi connectivity index (χ3n) is 5.74. The number of carbonyl (C=O) groups is 1. The van der Waals surface area contributed by atoms with Crippen LogP contribution in [0.1, 0.15) is 11.1 Å². The number of para-hydroxylation sites is 1. The molecule has 2 amide bonds. The summed E-state index contributed by atoms with van der Waals surface area (Å²) in [6.07, 6.45) is 0. The van der Waals surface area contributed by atoms with Crippen molar-refractivity contribution in [2.75, 3.05) is 49.5 Å². The summed E-state index contributed by atoms with van der Waals surface area (Å²) in [5, 5.41) is 3.07. The molecule has 27 heavy (non-hydrogen) atoms. The Morgan fingerprint density at radius 3 is 2.37 bits per heavy atom. The highest BCUT2D eigenvalue weighted by Gasteiger charge is 2.36. The van der Waals surface area contributed by atoms with Crippen molar-refractivity contribution >= 4 is 17.4 Å². The van der Waals surface area contributed by atoms with Gasteiger partial charge >= 0.3 is 6.03 Å². The molecular formula is C22H28N4O. The maximum atomic E-state index is 12.5. The van der Waals surface area contributed by atoms with E-state index in [1.807, 2.05) is 24.8 Å². The lowest BCUT2D eigenvalue weighted by Gasteiger charge is -2.48. The molecule has 2 heterocycles. The van der Waals surface area contributed by atoms with Crippen LogP contribution in [0.5, 0.6) is 0 Å². The highest BCUT2D eigenvalue weighted by molar-refractivity contribution is 5.90. The average Bonchev–Trinajstić information content (AvgIpc) is 2.65. The number of benzene rings is 2. The first-order valence-electron chi connectivity index (χ1n) is 9.77. The van der Waals surface area contributed by atoms with Crippen LogP contribution in [0.3, 0.4) is 0 Å². The van der Waals surface area contributed by atoms with Gasteiger partial charge in [-0.2, -0.15) is 0 Å². The topological polar surface area (TPSA) is 38.8 Å². The number of nitrogens with one attached hydrogen (secondary N) is 1. The van der Waals surface area contributed by atoms with Crippen LogP contribution in [0, 0.1) is 13.8 Å². The fourth-order valence-electron chi connectivity index (χ4n) is 3.90. The minimum absolute atomic E-state index is 0.0165. The Labute approximate surface area is 161 Å². The summed E-state index contributed by atoms with van der Waals surface area (Å²) in [4.78, 5) is 19.4. The Bertz CT molecular complexity index is 793. The van der Waals surface area contributed by atoms with Crippen molar-refractivity contribution in [1.82, 2.24) is 9.80 Å². The zero-order valence-electron chi connectivity index (χ0n) is 16.2. The van der Waals surface area contributed by atoms with Gasteiger partial charge in [-0.1, -0.05) is 30.3 Å². The molecule has 142 valence electrons. The van der Waals surface area contributed by atoms with Crippen LogP contribution in [0.4, 0.5) is 16.2 Å². The number of hydrogen-bond acceptors (Lipinski definition) is 3. The molecule has 2 aliphatic heterocycles. The van der Waals surface area contributed by atoms with Gasteiger partial charge in [0.15, 0.2) is 0 Å². The molecule has 0 saturated carbocycles. The van der Waals surface area contributed by atoms with Crippen molar-refractivity contribution in [1.29, 1.82) is 0 Å². The number of amides is 2. The van der Waals surface area contributed by atoms with Crippen molar-refractivity contribution in [3.63, 3.8) is 0 Å². The summed E-state index contributed by atoms with van der Waals surface area (Å²) >= 11 is 0. The van der Waals surface area contributed by atoms with Gasteiger partial charge in [-0.15, -0.1) is 0 Å². The van der Waals surface area contributed by atoms with Gasteiger partial charge in [0, 0.05) is 56.7 Å². The number of anilines is 2. The van der Waals surface area contributed by atoms with E-state index in [4.69, 9.17) is 0 Å². The highest BCUT2D eigenvalue weighted by atomic mass is 16.2. The molecule has 0 aromatic heterocycles. The Hall–Kier alpha value is -2.53. The number of hydrogen-bond donors (Lipinski definition) is 1. The number of rotatable bonds is 3.